The first kappa shape index (κ1) is 14.5. The lowest BCUT2D eigenvalue weighted by Crippen LogP contribution is -1.93. The predicted octanol–water partition coefficient (Wildman–Crippen LogP) is 4.24. The Labute approximate surface area is 124 Å². The van der Waals surface area contributed by atoms with E-state index in [4.69, 9.17) is 11.0 Å². The molecule has 0 aromatic heterocycles. The number of nitriles is 1. The number of rotatable bonds is 4. The van der Waals surface area contributed by atoms with Crippen LogP contribution >= 0.6 is 11.8 Å². The second kappa shape index (κ2) is 6.49. The Morgan fingerprint density at radius 2 is 1.80 bits per heavy atom. The SMILES string of the molecule is Cc1cc(C)cc(CSc2ccc(N)c(CC#N)c2)c1. The van der Waals surface area contributed by atoms with Crippen molar-refractivity contribution in [3.05, 3.63) is 58.7 Å². The van der Waals surface area contributed by atoms with Gasteiger partial charge in [-0.25, -0.2) is 0 Å². The average molecular weight is 282 g/mol. The van der Waals surface area contributed by atoms with Crippen LogP contribution in [0.15, 0.2) is 41.3 Å². The Balaban J connectivity index is 2.11. The lowest BCUT2D eigenvalue weighted by atomic mass is 10.1. The Bertz CT molecular complexity index is 636. The summed E-state index contributed by atoms with van der Waals surface area (Å²) in [6.45, 7) is 4.24. The van der Waals surface area contributed by atoms with Crippen molar-refractivity contribution in [2.45, 2.75) is 30.9 Å². The van der Waals surface area contributed by atoms with Gasteiger partial charge in [0, 0.05) is 16.3 Å². The highest BCUT2D eigenvalue weighted by Crippen LogP contribution is 2.27. The minimum atomic E-state index is 0.365. The molecular weight excluding hydrogens is 264 g/mol. The fraction of sp³-hybridized carbons (Fsp3) is 0.235. The summed E-state index contributed by atoms with van der Waals surface area (Å²) in [5.41, 5.74) is 11.4. The normalized spacial score (nSPS) is 10.2. The molecule has 2 nitrogen and oxygen atoms in total. The molecule has 2 aromatic carbocycles. The van der Waals surface area contributed by atoms with Crippen LogP contribution in [0.3, 0.4) is 0 Å². The molecule has 0 bridgehead atoms. The maximum atomic E-state index is 8.79. The van der Waals surface area contributed by atoms with Gasteiger partial charge in [0.05, 0.1) is 12.5 Å². The topological polar surface area (TPSA) is 49.8 Å². The average Bonchev–Trinajstić information content (AvgIpc) is 2.39. The molecule has 102 valence electrons. The van der Waals surface area contributed by atoms with Crippen LogP contribution in [0, 0.1) is 25.2 Å². The van der Waals surface area contributed by atoms with Gasteiger partial charge in [0.1, 0.15) is 0 Å². The second-order valence-corrected chi connectivity index (χ2v) is 6.03. The predicted molar refractivity (Wildman–Crippen MR) is 85.6 cm³/mol. The first-order chi connectivity index (χ1) is 9.58. The van der Waals surface area contributed by atoms with Gasteiger partial charge in [0.2, 0.25) is 0 Å². The molecule has 0 aliphatic carbocycles. The van der Waals surface area contributed by atoms with Crippen LogP contribution in [0.2, 0.25) is 0 Å². The van der Waals surface area contributed by atoms with E-state index in [1.165, 1.54) is 16.7 Å². The number of benzene rings is 2. The number of nitrogens with zero attached hydrogens (tertiary/aromatic N) is 1. The van der Waals surface area contributed by atoms with Crippen molar-refractivity contribution in [2.24, 2.45) is 0 Å². The summed E-state index contributed by atoms with van der Waals surface area (Å²) in [7, 11) is 0. The molecule has 0 radical (unpaired) electrons. The molecule has 2 N–H and O–H groups in total. The summed E-state index contributed by atoms with van der Waals surface area (Å²) in [5.74, 6) is 0.929. The Hall–Kier alpha value is -1.92. The van der Waals surface area contributed by atoms with E-state index in [0.29, 0.717) is 12.1 Å². The summed E-state index contributed by atoms with van der Waals surface area (Å²) < 4.78 is 0. The van der Waals surface area contributed by atoms with Crippen LogP contribution in [0.1, 0.15) is 22.3 Å². The van der Waals surface area contributed by atoms with Crippen LogP contribution in [-0.4, -0.2) is 0 Å². The molecule has 0 atom stereocenters. The lowest BCUT2D eigenvalue weighted by Gasteiger charge is -2.07. The van der Waals surface area contributed by atoms with Gasteiger partial charge in [-0.3, -0.25) is 0 Å². The van der Waals surface area contributed by atoms with Crippen molar-refractivity contribution < 1.29 is 0 Å². The Morgan fingerprint density at radius 1 is 1.10 bits per heavy atom. The standard InChI is InChI=1S/C17H18N2S/c1-12-7-13(2)9-14(8-12)11-20-16-3-4-17(19)15(10-16)5-6-18/h3-4,7-10H,5,11,19H2,1-2H3. The van der Waals surface area contributed by atoms with Gasteiger partial charge in [-0.1, -0.05) is 29.3 Å². The quantitative estimate of drug-likeness (QED) is 0.674. The molecule has 0 heterocycles. The first-order valence-corrected chi connectivity index (χ1v) is 7.52. The van der Waals surface area contributed by atoms with Crippen LogP contribution in [0.5, 0.6) is 0 Å². The molecule has 3 heteroatoms. The highest BCUT2D eigenvalue weighted by Gasteiger charge is 2.03. The molecule has 0 saturated carbocycles. The van der Waals surface area contributed by atoms with E-state index >= 15 is 0 Å². The number of thioether (sulfide) groups is 1. The third-order valence-electron chi connectivity index (χ3n) is 3.07. The number of hydrogen-bond donors (Lipinski definition) is 1. The Morgan fingerprint density at radius 3 is 2.45 bits per heavy atom. The van der Waals surface area contributed by atoms with Crippen LogP contribution in [0.25, 0.3) is 0 Å². The van der Waals surface area contributed by atoms with Crippen LogP contribution in [-0.2, 0) is 12.2 Å². The zero-order chi connectivity index (χ0) is 14.5. The van der Waals surface area contributed by atoms with E-state index in [9.17, 15) is 0 Å². The van der Waals surface area contributed by atoms with E-state index in [1.807, 2.05) is 18.2 Å². The molecular formula is C17H18N2S. The number of nitrogen functional groups attached to an aromatic ring is 1. The lowest BCUT2D eigenvalue weighted by molar-refractivity contribution is 1.23. The van der Waals surface area contributed by atoms with E-state index in [0.717, 1.165) is 16.2 Å². The van der Waals surface area contributed by atoms with Crippen LogP contribution < -0.4 is 5.73 Å². The smallest absolute Gasteiger partial charge is 0.0670 e. The first-order valence-electron chi connectivity index (χ1n) is 6.54. The molecule has 0 spiro atoms. The molecule has 0 fully saturated rings. The minimum Gasteiger partial charge on any atom is -0.398 e. The number of nitrogens with two attached hydrogens (primary N) is 1. The molecule has 2 rings (SSSR count). The van der Waals surface area contributed by atoms with Crippen molar-refractivity contribution in [2.75, 3.05) is 5.73 Å². The zero-order valence-electron chi connectivity index (χ0n) is 11.8. The number of hydrogen-bond acceptors (Lipinski definition) is 3. The molecule has 0 aliphatic rings. The largest absolute Gasteiger partial charge is 0.398 e. The molecule has 0 saturated heterocycles. The monoisotopic (exact) mass is 282 g/mol. The highest BCUT2D eigenvalue weighted by atomic mass is 32.2. The summed E-state index contributed by atoms with van der Waals surface area (Å²) in [5, 5.41) is 8.79. The van der Waals surface area contributed by atoms with Gasteiger partial charge in [0.25, 0.3) is 0 Å². The third-order valence-corrected chi connectivity index (χ3v) is 4.14. The van der Waals surface area contributed by atoms with E-state index in [1.54, 1.807) is 11.8 Å². The molecule has 0 aliphatic heterocycles. The van der Waals surface area contributed by atoms with Gasteiger partial charge >= 0.3 is 0 Å². The number of aryl methyl sites for hydroxylation is 2. The second-order valence-electron chi connectivity index (χ2n) is 4.98. The van der Waals surface area contributed by atoms with Gasteiger partial charge in [0.15, 0.2) is 0 Å². The molecule has 20 heavy (non-hydrogen) atoms. The summed E-state index contributed by atoms with van der Waals surface area (Å²) >= 11 is 1.77. The summed E-state index contributed by atoms with van der Waals surface area (Å²) in [6.07, 6.45) is 0.365. The van der Waals surface area contributed by atoms with Crippen molar-refractivity contribution in [3.8, 4) is 6.07 Å². The van der Waals surface area contributed by atoms with Gasteiger partial charge in [-0.05, 0) is 43.2 Å². The summed E-state index contributed by atoms with van der Waals surface area (Å²) in [4.78, 5) is 1.16. The van der Waals surface area contributed by atoms with Crippen molar-refractivity contribution in [1.29, 1.82) is 5.26 Å². The fourth-order valence-electron chi connectivity index (χ4n) is 2.23. The number of anilines is 1. The van der Waals surface area contributed by atoms with Crippen LogP contribution in [0.4, 0.5) is 5.69 Å². The molecule has 2 aromatic rings. The van der Waals surface area contributed by atoms with Crippen molar-refractivity contribution in [3.63, 3.8) is 0 Å². The van der Waals surface area contributed by atoms with Gasteiger partial charge in [-0.15, -0.1) is 11.8 Å². The third kappa shape index (κ3) is 3.79. The summed E-state index contributed by atoms with van der Waals surface area (Å²) in [6, 6.07) is 14.7. The maximum Gasteiger partial charge on any atom is 0.0670 e. The van der Waals surface area contributed by atoms with E-state index in [2.05, 4.69) is 38.1 Å². The molecule has 0 amide bonds. The maximum absolute atomic E-state index is 8.79. The zero-order valence-corrected chi connectivity index (χ0v) is 12.6. The molecule has 0 unspecified atom stereocenters. The van der Waals surface area contributed by atoms with E-state index in [-0.39, 0.29) is 0 Å². The Kier molecular flexibility index (Phi) is 4.70. The van der Waals surface area contributed by atoms with E-state index < -0.39 is 0 Å². The van der Waals surface area contributed by atoms with Crippen molar-refractivity contribution in [1.82, 2.24) is 0 Å². The highest BCUT2D eigenvalue weighted by molar-refractivity contribution is 7.98. The van der Waals surface area contributed by atoms with Gasteiger partial charge < -0.3 is 5.73 Å². The fourth-order valence-corrected chi connectivity index (χ4v) is 3.12. The van der Waals surface area contributed by atoms with Crippen molar-refractivity contribution >= 4 is 17.4 Å². The van der Waals surface area contributed by atoms with Gasteiger partial charge in [-0.2, -0.15) is 5.26 Å². The minimum absolute atomic E-state index is 0.365.